The molecule has 10 rings (SSSR count). The van der Waals surface area contributed by atoms with E-state index in [-0.39, 0.29) is 41.6 Å². The van der Waals surface area contributed by atoms with E-state index in [0.29, 0.717) is 28.0 Å². The lowest BCUT2D eigenvalue weighted by Gasteiger charge is -2.46. The van der Waals surface area contributed by atoms with Crippen molar-refractivity contribution in [3.63, 3.8) is 0 Å². The van der Waals surface area contributed by atoms with E-state index in [9.17, 15) is 14.7 Å². The van der Waals surface area contributed by atoms with Crippen LogP contribution in [0.15, 0.2) is 158 Å². The highest BCUT2D eigenvalue weighted by molar-refractivity contribution is 7.22. The summed E-state index contributed by atoms with van der Waals surface area (Å²) in [5, 5.41) is 15.9. The van der Waals surface area contributed by atoms with E-state index in [1.165, 1.54) is 11.3 Å². The van der Waals surface area contributed by atoms with Gasteiger partial charge in [-0.25, -0.2) is 14.7 Å². The molecule has 4 heterocycles. The molecule has 17 heteroatoms. The number of para-hydroxylation sites is 1. The van der Waals surface area contributed by atoms with Gasteiger partial charge in [0, 0.05) is 12.0 Å². The maximum Gasteiger partial charge on any atom is 0.329 e. The number of ether oxygens (including phenoxy) is 4. The Balaban J connectivity index is 1.25. The van der Waals surface area contributed by atoms with E-state index >= 15 is 19.2 Å². The zero-order chi connectivity index (χ0) is 53.1. The van der Waals surface area contributed by atoms with Crippen molar-refractivity contribution >= 4 is 68.1 Å². The van der Waals surface area contributed by atoms with Crippen LogP contribution in [0.5, 0.6) is 5.75 Å². The second kappa shape index (κ2) is 21.6. The number of cyclic esters (lactones) is 1. The number of esters is 3. The highest BCUT2D eigenvalue weighted by Crippen LogP contribution is 2.66. The van der Waals surface area contributed by atoms with Gasteiger partial charge in [0.2, 0.25) is 11.8 Å². The van der Waals surface area contributed by atoms with Gasteiger partial charge >= 0.3 is 23.9 Å². The lowest BCUT2D eigenvalue weighted by Crippen LogP contribution is -2.55. The SMILES string of the molecule is COC(=O)C(CC#Cc1ccc2c(c1)C1(C(=O)N2C(=O)NC(C)c2ccccc2)C(C(=O)Nc2nc3ccccc3s2)C2C(=O)OC(c3ccccc3)C(c3ccccc3)N2C1c1ccc(OCCO)cc1)C(=O)OC. The number of anilines is 2. The third-order valence-corrected chi connectivity index (χ3v) is 15.1. The average molecular weight is 1040 g/mol. The Morgan fingerprint density at radius 1 is 0.789 bits per heavy atom. The third-order valence-electron chi connectivity index (χ3n) is 14.2. The summed E-state index contributed by atoms with van der Waals surface area (Å²) in [6.45, 7) is 1.53. The van der Waals surface area contributed by atoms with E-state index in [2.05, 4.69) is 22.5 Å². The number of urea groups is 1. The zero-order valence-electron chi connectivity index (χ0n) is 41.5. The molecule has 384 valence electrons. The summed E-state index contributed by atoms with van der Waals surface area (Å²) in [5.41, 5.74) is 1.60. The molecule has 7 aromatic rings. The van der Waals surface area contributed by atoms with Gasteiger partial charge in [-0.15, -0.1) is 0 Å². The summed E-state index contributed by atoms with van der Waals surface area (Å²) in [5.74, 6) is -0.728. The number of nitrogens with zero attached hydrogens (tertiary/aromatic N) is 3. The molecular formula is C59H51N5O11S. The minimum absolute atomic E-state index is 0.00322. The van der Waals surface area contributed by atoms with Gasteiger partial charge in [0.15, 0.2) is 11.0 Å². The molecule has 0 saturated carbocycles. The van der Waals surface area contributed by atoms with E-state index < -0.39 is 83.3 Å². The number of fused-ring (bicyclic) bond motifs is 4. The smallest absolute Gasteiger partial charge is 0.329 e. The number of aromatic nitrogens is 1. The lowest BCUT2D eigenvalue weighted by molar-refractivity contribution is -0.178. The summed E-state index contributed by atoms with van der Waals surface area (Å²) in [6.07, 6.45) is -1.28. The van der Waals surface area contributed by atoms with Gasteiger partial charge in [0.1, 0.15) is 29.9 Å². The molecule has 3 N–H and O–H groups in total. The largest absolute Gasteiger partial charge is 0.491 e. The molecule has 1 spiro atoms. The molecule has 7 atom stereocenters. The first-order valence-corrected chi connectivity index (χ1v) is 25.4. The number of hydrogen-bond donors (Lipinski definition) is 3. The maximum absolute atomic E-state index is 16.8. The van der Waals surface area contributed by atoms with Crippen LogP contribution in [-0.4, -0.2) is 84.2 Å². The fourth-order valence-corrected chi connectivity index (χ4v) is 11.8. The fraction of sp³-hybridized carbons (Fsp3) is 0.237. The van der Waals surface area contributed by atoms with Gasteiger partial charge in [0.05, 0.1) is 60.8 Å². The minimum Gasteiger partial charge on any atom is -0.491 e. The number of aliphatic hydroxyl groups excluding tert-OH is 1. The molecule has 0 aliphatic carbocycles. The molecule has 2 saturated heterocycles. The first kappa shape index (κ1) is 50.8. The first-order chi connectivity index (χ1) is 37.0. The second-order valence-electron chi connectivity index (χ2n) is 18.4. The Morgan fingerprint density at radius 3 is 2.09 bits per heavy atom. The summed E-state index contributed by atoms with van der Waals surface area (Å²) in [4.78, 5) is 96.9. The van der Waals surface area contributed by atoms with Crippen LogP contribution < -0.4 is 20.3 Å². The monoisotopic (exact) mass is 1040 g/mol. The van der Waals surface area contributed by atoms with Gasteiger partial charge in [-0.05, 0) is 77.2 Å². The van der Waals surface area contributed by atoms with Crippen molar-refractivity contribution in [2.45, 2.75) is 49.0 Å². The van der Waals surface area contributed by atoms with E-state index in [1.54, 1.807) is 49.4 Å². The van der Waals surface area contributed by atoms with Crippen LogP contribution in [0.1, 0.15) is 71.0 Å². The fourth-order valence-electron chi connectivity index (χ4n) is 10.9. The number of aliphatic hydroxyl groups is 1. The van der Waals surface area contributed by atoms with Crippen molar-refractivity contribution < 1.29 is 52.8 Å². The van der Waals surface area contributed by atoms with Crippen molar-refractivity contribution in [1.29, 1.82) is 0 Å². The predicted octanol–water partition coefficient (Wildman–Crippen LogP) is 8.15. The normalized spacial score (nSPS) is 21.0. The number of carbonyl (C=O) groups excluding carboxylic acids is 6. The number of carbonyl (C=O) groups is 6. The first-order valence-electron chi connectivity index (χ1n) is 24.5. The second-order valence-corrected chi connectivity index (χ2v) is 19.5. The predicted molar refractivity (Wildman–Crippen MR) is 282 cm³/mol. The Labute approximate surface area is 441 Å². The molecule has 7 unspecified atom stereocenters. The zero-order valence-corrected chi connectivity index (χ0v) is 42.3. The van der Waals surface area contributed by atoms with Crippen LogP contribution in [0, 0.1) is 23.7 Å². The van der Waals surface area contributed by atoms with Crippen LogP contribution in [0.3, 0.4) is 0 Å². The van der Waals surface area contributed by atoms with Crippen molar-refractivity contribution in [3.8, 4) is 17.6 Å². The number of morpholine rings is 1. The molecule has 0 radical (unpaired) electrons. The van der Waals surface area contributed by atoms with Crippen molar-refractivity contribution in [2.24, 2.45) is 11.8 Å². The Morgan fingerprint density at radius 2 is 1.43 bits per heavy atom. The molecule has 16 nitrogen and oxygen atoms in total. The molecule has 0 bridgehead atoms. The van der Waals surface area contributed by atoms with Crippen LogP contribution in [0.25, 0.3) is 10.2 Å². The van der Waals surface area contributed by atoms with E-state index in [0.717, 1.165) is 29.4 Å². The van der Waals surface area contributed by atoms with Crippen LogP contribution >= 0.6 is 11.3 Å². The number of imide groups is 1. The molecular weight excluding hydrogens is 987 g/mol. The summed E-state index contributed by atoms with van der Waals surface area (Å²) in [6, 6.07) is 41.8. The number of nitrogens with one attached hydrogen (secondary N) is 2. The number of thiazole rings is 1. The van der Waals surface area contributed by atoms with Crippen LogP contribution in [0.2, 0.25) is 0 Å². The molecule has 76 heavy (non-hydrogen) atoms. The lowest BCUT2D eigenvalue weighted by atomic mass is 9.65. The van der Waals surface area contributed by atoms with E-state index in [1.807, 2.05) is 120 Å². The Hall–Kier alpha value is -8.69. The molecule has 3 aliphatic rings. The average Bonchev–Trinajstić information content (AvgIpc) is 4.27. The van der Waals surface area contributed by atoms with E-state index in [4.69, 9.17) is 23.9 Å². The summed E-state index contributed by atoms with van der Waals surface area (Å²) in [7, 11) is 2.30. The molecule has 3 aliphatic heterocycles. The maximum atomic E-state index is 16.8. The standard InChI is InChI=1S/C59H51N5O11S/c1-35(37-17-7-4-8-18-37)60-58(71)63-45-31-26-36(16-15-23-42(53(67)72-2)54(68)73-3)34-43(45)59(56(63)70)47(52(66)62-57-61-44-24-13-14-25-46(44)76-57)49-55(69)75-50(39-21-11-6-12-22-39)48(38-19-9-5-10-20-38)64(49)51(59)40-27-29-41(30-28-40)74-33-32-65/h4-14,17-22,24-31,34-35,42,47-51,65H,23,32-33H2,1-3H3,(H,60,71)(H,61,62,66). The minimum atomic E-state index is -2.17. The third kappa shape index (κ3) is 9.20. The van der Waals surface area contributed by atoms with Crippen LogP contribution in [0.4, 0.5) is 15.6 Å². The van der Waals surface area contributed by atoms with Gasteiger partial charge in [-0.1, -0.05) is 138 Å². The Kier molecular flexibility index (Phi) is 14.5. The van der Waals surface area contributed by atoms with Gasteiger partial charge in [-0.2, -0.15) is 0 Å². The van der Waals surface area contributed by atoms with Crippen molar-refractivity contribution in [1.82, 2.24) is 15.2 Å². The quantitative estimate of drug-likeness (QED) is 0.0433. The number of rotatable bonds is 13. The Bertz CT molecular complexity index is 3350. The summed E-state index contributed by atoms with van der Waals surface area (Å²) >= 11 is 1.22. The van der Waals surface area contributed by atoms with Gasteiger partial charge in [0.25, 0.3) is 0 Å². The highest BCUT2D eigenvalue weighted by Gasteiger charge is 2.75. The molecule has 2 fully saturated rings. The highest BCUT2D eigenvalue weighted by atomic mass is 32.1. The van der Waals surface area contributed by atoms with Gasteiger partial charge in [-0.3, -0.25) is 28.9 Å². The molecule has 4 amide bonds. The van der Waals surface area contributed by atoms with Crippen LogP contribution in [-0.2, 0) is 43.6 Å². The van der Waals surface area contributed by atoms with Crippen molar-refractivity contribution in [2.75, 3.05) is 37.7 Å². The number of hydrogen-bond acceptors (Lipinski definition) is 14. The van der Waals surface area contributed by atoms with Crippen molar-refractivity contribution in [3.05, 3.63) is 191 Å². The number of amides is 4. The van der Waals surface area contributed by atoms with Gasteiger partial charge < -0.3 is 34.7 Å². The topological polar surface area (TPSA) is 203 Å². The number of benzene rings is 6. The molecule has 6 aromatic carbocycles. The summed E-state index contributed by atoms with van der Waals surface area (Å²) < 4.78 is 23.0. The molecule has 1 aromatic heterocycles. The number of methoxy groups -OCH3 is 2.